The van der Waals surface area contributed by atoms with E-state index in [1.807, 2.05) is 6.07 Å². The molecule has 14 heavy (non-hydrogen) atoms. The SMILES string of the molecule is CN1Cc2cc(N)ccc2C(C)(C)C1. The predicted molar refractivity (Wildman–Crippen MR) is 60.2 cm³/mol. The molecule has 0 aromatic heterocycles. The third-order valence-corrected chi connectivity index (χ3v) is 2.96. The van der Waals surface area contributed by atoms with E-state index in [1.54, 1.807) is 0 Å². The molecule has 0 bridgehead atoms. The first-order chi connectivity index (χ1) is 6.49. The van der Waals surface area contributed by atoms with Crippen molar-refractivity contribution < 1.29 is 0 Å². The van der Waals surface area contributed by atoms with Crippen LogP contribution in [0.4, 0.5) is 5.69 Å². The molecular weight excluding hydrogens is 172 g/mol. The van der Waals surface area contributed by atoms with Crippen molar-refractivity contribution in [3.63, 3.8) is 0 Å². The second-order valence-electron chi connectivity index (χ2n) is 4.97. The molecule has 0 unspecified atom stereocenters. The first-order valence-corrected chi connectivity index (χ1v) is 5.06. The van der Waals surface area contributed by atoms with Crippen LogP contribution in [-0.2, 0) is 12.0 Å². The lowest BCUT2D eigenvalue weighted by Crippen LogP contribution is -2.39. The van der Waals surface area contributed by atoms with Crippen LogP contribution in [0.15, 0.2) is 18.2 Å². The maximum absolute atomic E-state index is 5.80. The topological polar surface area (TPSA) is 29.3 Å². The molecular formula is C12H18N2. The molecule has 1 aromatic rings. The second-order valence-corrected chi connectivity index (χ2v) is 4.97. The van der Waals surface area contributed by atoms with Crippen LogP contribution in [0.5, 0.6) is 0 Å². The van der Waals surface area contributed by atoms with Crippen molar-refractivity contribution in [3.05, 3.63) is 29.3 Å². The number of hydrogen-bond acceptors (Lipinski definition) is 2. The number of anilines is 1. The molecule has 1 aliphatic heterocycles. The summed E-state index contributed by atoms with van der Waals surface area (Å²) >= 11 is 0. The Morgan fingerprint density at radius 2 is 2.07 bits per heavy atom. The monoisotopic (exact) mass is 190 g/mol. The number of benzene rings is 1. The Kier molecular flexibility index (Phi) is 2.04. The molecule has 0 amide bonds. The normalized spacial score (nSPS) is 20.5. The Bertz CT molecular complexity index is 355. The number of nitrogens with zero attached hydrogens (tertiary/aromatic N) is 1. The van der Waals surface area contributed by atoms with Gasteiger partial charge in [-0.25, -0.2) is 0 Å². The van der Waals surface area contributed by atoms with E-state index in [4.69, 9.17) is 5.73 Å². The third-order valence-electron chi connectivity index (χ3n) is 2.96. The highest BCUT2D eigenvalue weighted by Crippen LogP contribution is 2.33. The maximum Gasteiger partial charge on any atom is 0.0317 e. The zero-order chi connectivity index (χ0) is 10.3. The second kappa shape index (κ2) is 2.99. The summed E-state index contributed by atoms with van der Waals surface area (Å²) < 4.78 is 0. The number of nitrogens with two attached hydrogens (primary N) is 1. The van der Waals surface area contributed by atoms with Crippen molar-refractivity contribution in [1.82, 2.24) is 4.90 Å². The van der Waals surface area contributed by atoms with Gasteiger partial charge in [-0.2, -0.15) is 0 Å². The van der Waals surface area contributed by atoms with Gasteiger partial charge in [-0.1, -0.05) is 19.9 Å². The van der Waals surface area contributed by atoms with Crippen LogP contribution in [0.25, 0.3) is 0 Å². The minimum atomic E-state index is 0.246. The summed E-state index contributed by atoms with van der Waals surface area (Å²) in [6, 6.07) is 6.29. The van der Waals surface area contributed by atoms with Gasteiger partial charge in [0.05, 0.1) is 0 Å². The summed E-state index contributed by atoms with van der Waals surface area (Å²) in [5.74, 6) is 0. The fourth-order valence-electron chi connectivity index (χ4n) is 2.51. The summed E-state index contributed by atoms with van der Waals surface area (Å²) in [6.45, 7) is 6.71. The van der Waals surface area contributed by atoms with Crippen molar-refractivity contribution in [1.29, 1.82) is 0 Å². The molecule has 2 nitrogen and oxygen atoms in total. The van der Waals surface area contributed by atoms with Crippen molar-refractivity contribution >= 4 is 5.69 Å². The molecule has 0 atom stereocenters. The third kappa shape index (κ3) is 1.50. The molecule has 0 saturated heterocycles. The number of hydrogen-bond donors (Lipinski definition) is 1. The highest BCUT2D eigenvalue weighted by atomic mass is 15.1. The van der Waals surface area contributed by atoms with E-state index in [1.165, 1.54) is 11.1 Å². The van der Waals surface area contributed by atoms with E-state index >= 15 is 0 Å². The minimum Gasteiger partial charge on any atom is -0.399 e. The molecule has 0 radical (unpaired) electrons. The Morgan fingerprint density at radius 3 is 2.79 bits per heavy atom. The fraction of sp³-hybridized carbons (Fsp3) is 0.500. The van der Waals surface area contributed by atoms with Gasteiger partial charge in [-0.15, -0.1) is 0 Å². The Morgan fingerprint density at radius 1 is 1.36 bits per heavy atom. The average Bonchev–Trinajstić information content (AvgIpc) is 2.00. The van der Waals surface area contributed by atoms with Crippen molar-refractivity contribution in [2.45, 2.75) is 25.8 Å². The van der Waals surface area contributed by atoms with E-state index in [9.17, 15) is 0 Å². The Labute approximate surface area is 85.7 Å². The molecule has 0 saturated carbocycles. The number of nitrogen functional groups attached to an aromatic ring is 1. The van der Waals surface area contributed by atoms with Gasteiger partial charge in [0.1, 0.15) is 0 Å². The zero-order valence-electron chi connectivity index (χ0n) is 9.17. The van der Waals surface area contributed by atoms with Crippen LogP contribution < -0.4 is 5.73 Å². The molecule has 2 N–H and O–H groups in total. The zero-order valence-corrected chi connectivity index (χ0v) is 9.17. The van der Waals surface area contributed by atoms with Crippen LogP contribution in [-0.4, -0.2) is 18.5 Å². The molecule has 1 heterocycles. The summed E-state index contributed by atoms with van der Waals surface area (Å²) in [5.41, 5.74) is 9.74. The lowest BCUT2D eigenvalue weighted by atomic mass is 9.78. The molecule has 1 aliphatic rings. The predicted octanol–water partition coefficient (Wildman–Crippen LogP) is 1.99. The maximum atomic E-state index is 5.80. The molecule has 2 rings (SSSR count). The van der Waals surface area contributed by atoms with Gasteiger partial charge in [0.15, 0.2) is 0 Å². The standard InChI is InChI=1S/C12H18N2/c1-12(2)8-14(3)7-9-6-10(13)4-5-11(9)12/h4-6H,7-8,13H2,1-3H3. The smallest absolute Gasteiger partial charge is 0.0317 e. The molecule has 0 fully saturated rings. The van der Waals surface area contributed by atoms with E-state index < -0.39 is 0 Å². The summed E-state index contributed by atoms with van der Waals surface area (Å²) in [7, 11) is 2.16. The van der Waals surface area contributed by atoms with Crippen molar-refractivity contribution in [2.24, 2.45) is 0 Å². The average molecular weight is 190 g/mol. The van der Waals surface area contributed by atoms with E-state index in [-0.39, 0.29) is 5.41 Å². The molecule has 1 aromatic carbocycles. The van der Waals surface area contributed by atoms with Crippen molar-refractivity contribution in [2.75, 3.05) is 19.3 Å². The molecule has 0 spiro atoms. The lowest BCUT2D eigenvalue weighted by molar-refractivity contribution is 0.236. The summed E-state index contributed by atoms with van der Waals surface area (Å²) in [6.07, 6.45) is 0. The first kappa shape index (κ1) is 9.53. The van der Waals surface area contributed by atoms with Gasteiger partial charge in [0, 0.05) is 24.2 Å². The van der Waals surface area contributed by atoms with Gasteiger partial charge in [0.2, 0.25) is 0 Å². The Balaban J connectivity index is 2.52. The Hall–Kier alpha value is -1.02. The number of likely N-dealkylation sites (N-methyl/N-ethyl adjacent to an activating group) is 1. The molecule has 0 aliphatic carbocycles. The summed E-state index contributed by atoms with van der Waals surface area (Å²) in [4.78, 5) is 2.35. The first-order valence-electron chi connectivity index (χ1n) is 5.06. The van der Waals surface area contributed by atoms with Crippen LogP contribution in [0, 0.1) is 0 Å². The van der Waals surface area contributed by atoms with Crippen LogP contribution in [0.1, 0.15) is 25.0 Å². The number of fused-ring (bicyclic) bond motifs is 1. The fourth-order valence-corrected chi connectivity index (χ4v) is 2.51. The van der Waals surface area contributed by atoms with Crippen LogP contribution in [0.3, 0.4) is 0 Å². The molecule has 76 valence electrons. The van der Waals surface area contributed by atoms with Crippen LogP contribution >= 0.6 is 0 Å². The minimum absolute atomic E-state index is 0.246. The largest absolute Gasteiger partial charge is 0.399 e. The van der Waals surface area contributed by atoms with Gasteiger partial charge >= 0.3 is 0 Å². The van der Waals surface area contributed by atoms with Gasteiger partial charge in [-0.3, -0.25) is 0 Å². The quantitative estimate of drug-likeness (QED) is 0.634. The van der Waals surface area contributed by atoms with Gasteiger partial charge < -0.3 is 10.6 Å². The van der Waals surface area contributed by atoms with Crippen LogP contribution in [0.2, 0.25) is 0 Å². The van der Waals surface area contributed by atoms with E-state index in [2.05, 4.69) is 37.9 Å². The molecule has 2 heteroatoms. The summed E-state index contributed by atoms with van der Waals surface area (Å²) in [5, 5.41) is 0. The van der Waals surface area contributed by atoms with Gasteiger partial charge in [0.25, 0.3) is 0 Å². The van der Waals surface area contributed by atoms with E-state index in [0.717, 1.165) is 18.8 Å². The highest BCUT2D eigenvalue weighted by molar-refractivity contribution is 5.48. The number of rotatable bonds is 0. The highest BCUT2D eigenvalue weighted by Gasteiger charge is 2.29. The lowest BCUT2D eigenvalue weighted by Gasteiger charge is -2.38. The van der Waals surface area contributed by atoms with E-state index in [0.29, 0.717) is 0 Å². The van der Waals surface area contributed by atoms with Gasteiger partial charge in [-0.05, 0) is 30.3 Å². The van der Waals surface area contributed by atoms with Crippen molar-refractivity contribution in [3.8, 4) is 0 Å².